The lowest BCUT2D eigenvalue weighted by Crippen LogP contribution is -2.16. The van der Waals surface area contributed by atoms with E-state index in [4.69, 9.17) is 5.11 Å². The Hall–Kier alpha value is -2.34. The van der Waals surface area contributed by atoms with E-state index in [1.54, 1.807) is 38.1 Å². The number of rotatable bonds is 4. The smallest absolute Gasteiger partial charge is 0.335 e. The first-order valence-electron chi connectivity index (χ1n) is 6.65. The average molecular weight is 319 g/mol. The summed E-state index contributed by atoms with van der Waals surface area (Å²) in [6.45, 7) is 5.14. The maximum absolute atomic E-state index is 12.5. The number of carboxylic acids is 1. The molecule has 0 spiro atoms. The Kier molecular flexibility index (Phi) is 4.23. The number of sulfonamides is 1. The second-order valence-electron chi connectivity index (χ2n) is 5.21. The van der Waals surface area contributed by atoms with Gasteiger partial charge < -0.3 is 5.11 Å². The van der Waals surface area contributed by atoms with E-state index in [1.807, 2.05) is 13.0 Å². The molecule has 0 aliphatic rings. The maximum Gasteiger partial charge on any atom is 0.335 e. The summed E-state index contributed by atoms with van der Waals surface area (Å²) in [5.74, 6) is -1.15. The van der Waals surface area contributed by atoms with Crippen molar-refractivity contribution in [3.05, 3.63) is 58.7 Å². The third-order valence-electron chi connectivity index (χ3n) is 3.31. The van der Waals surface area contributed by atoms with Gasteiger partial charge in [-0.2, -0.15) is 0 Å². The minimum absolute atomic E-state index is 0.0183. The van der Waals surface area contributed by atoms with Crippen molar-refractivity contribution in [1.29, 1.82) is 0 Å². The monoisotopic (exact) mass is 319 g/mol. The summed E-state index contributed by atoms with van der Waals surface area (Å²) in [7, 11) is -3.85. The molecular weight excluding hydrogens is 302 g/mol. The van der Waals surface area contributed by atoms with Crippen molar-refractivity contribution in [1.82, 2.24) is 0 Å². The maximum atomic E-state index is 12.5. The van der Waals surface area contributed by atoms with E-state index in [0.717, 1.165) is 5.56 Å². The summed E-state index contributed by atoms with van der Waals surface area (Å²) in [5.41, 5.74) is 2.38. The normalized spacial score (nSPS) is 11.2. The molecule has 2 aromatic carbocycles. The number of aryl methyl sites for hydroxylation is 3. The van der Waals surface area contributed by atoms with Crippen molar-refractivity contribution in [3.8, 4) is 0 Å². The van der Waals surface area contributed by atoms with Crippen LogP contribution in [0.5, 0.6) is 0 Å². The summed E-state index contributed by atoms with van der Waals surface area (Å²) in [5, 5.41) is 9.16. The Morgan fingerprint density at radius 1 is 1.05 bits per heavy atom. The van der Waals surface area contributed by atoms with E-state index in [9.17, 15) is 13.2 Å². The topological polar surface area (TPSA) is 83.5 Å². The molecule has 2 aromatic rings. The summed E-state index contributed by atoms with van der Waals surface area (Å²) in [6.07, 6.45) is 0. The van der Waals surface area contributed by atoms with Crippen LogP contribution in [0, 0.1) is 20.8 Å². The fraction of sp³-hybridized carbons (Fsp3) is 0.188. The molecule has 0 radical (unpaired) electrons. The minimum Gasteiger partial charge on any atom is -0.478 e. The molecule has 116 valence electrons. The largest absolute Gasteiger partial charge is 0.478 e. The van der Waals surface area contributed by atoms with Gasteiger partial charge in [0.25, 0.3) is 10.0 Å². The molecule has 0 atom stereocenters. The summed E-state index contributed by atoms with van der Waals surface area (Å²) in [4.78, 5) is 11.2. The first-order valence-corrected chi connectivity index (χ1v) is 8.13. The van der Waals surface area contributed by atoms with Crippen LogP contribution >= 0.6 is 0 Å². The Morgan fingerprint density at radius 2 is 1.73 bits per heavy atom. The van der Waals surface area contributed by atoms with Crippen LogP contribution in [0.15, 0.2) is 41.3 Å². The fourth-order valence-corrected chi connectivity index (χ4v) is 3.57. The van der Waals surface area contributed by atoms with Crippen LogP contribution in [0.1, 0.15) is 27.0 Å². The van der Waals surface area contributed by atoms with Crippen LogP contribution in [0.2, 0.25) is 0 Å². The molecule has 0 bridgehead atoms. The molecule has 22 heavy (non-hydrogen) atoms. The van der Waals surface area contributed by atoms with Crippen molar-refractivity contribution in [3.63, 3.8) is 0 Å². The van der Waals surface area contributed by atoms with Gasteiger partial charge >= 0.3 is 5.97 Å². The standard InChI is InChI=1S/C16H17NO4S/c1-10-5-4-6-13(7-10)17-22(20,21)15-9-14(16(18)19)11(2)8-12(15)3/h4-9,17H,1-3H3,(H,18,19). The Balaban J connectivity index is 2.50. The number of nitrogens with one attached hydrogen (secondary N) is 1. The van der Waals surface area contributed by atoms with Crippen molar-refractivity contribution in [2.24, 2.45) is 0 Å². The van der Waals surface area contributed by atoms with Gasteiger partial charge in [0.05, 0.1) is 10.5 Å². The first-order chi connectivity index (χ1) is 10.2. The highest BCUT2D eigenvalue weighted by Gasteiger charge is 2.20. The SMILES string of the molecule is Cc1cccc(NS(=O)(=O)c2cc(C(=O)O)c(C)cc2C)c1. The van der Waals surface area contributed by atoms with Crippen molar-refractivity contribution in [2.75, 3.05) is 4.72 Å². The van der Waals surface area contributed by atoms with Gasteiger partial charge in [0.1, 0.15) is 0 Å². The van der Waals surface area contributed by atoms with Crippen LogP contribution in [0.4, 0.5) is 5.69 Å². The molecule has 6 heteroatoms. The first kappa shape index (κ1) is 16.0. The van der Waals surface area contributed by atoms with E-state index in [1.165, 1.54) is 6.07 Å². The quantitative estimate of drug-likeness (QED) is 0.907. The van der Waals surface area contributed by atoms with Gasteiger partial charge in [0, 0.05) is 5.69 Å². The number of hydrogen-bond acceptors (Lipinski definition) is 3. The van der Waals surface area contributed by atoms with Crippen LogP contribution in [-0.2, 0) is 10.0 Å². The van der Waals surface area contributed by atoms with Gasteiger partial charge in [-0.05, 0) is 55.7 Å². The van der Waals surface area contributed by atoms with Gasteiger partial charge in [0.15, 0.2) is 0 Å². The van der Waals surface area contributed by atoms with Crippen molar-refractivity contribution >= 4 is 21.7 Å². The van der Waals surface area contributed by atoms with E-state index in [-0.39, 0.29) is 10.5 Å². The molecule has 5 nitrogen and oxygen atoms in total. The zero-order valence-electron chi connectivity index (χ0n) is 12.5. The molecule has 0 aliphatic carbocycles. The summed E-state index contributed by atoms with van der Waals surface area (Å²) < 4.78 is 27.5. The lowest BCUT2D eigenvalue weighted by Gasteiger charge is -2.13. The molecule has 0 aromatic heterocycles. The molecule has 0 fully saturated rings. The lowest BCUT2D eigenvalue weighted by atomic mass is 10.1. The van der Waals surface area contributed by atoms with Gasteiger partial charge in [-0.3, -0.25) is 4.72 Å². The molecule has 0 saturated heterocycles. The van der Waals surface area contributed by atoms with Gasteiger partial charge in [-0.25, -0.2) is 13.2 Å². The van der Waals surface area contributed by atoms with Crippen LogP contribution < -0.4 is 4.72 Å². The Bertz CT molecular complexity index is 841. The molecule has 0 heterocycles. The predicted molar refractivity (Wildman–Crippen MR) is 84.9 cm³/mol. The van der Waals surface area contributed by atoms with Crippen molar-refractivity contribution < 1.29 is 18.3 Å². The summed E-state index contributed by atoms with van der Waals surface area (Å²) in [6, 6.07) is 9.72. The molecule has 0 saturated carbocycles. The molecular formula is C16H17NO4S. The number of carboxylic acid groups (broad SMARTS) is 1. The number of hydrogen-bond donors (Lipinski definition) is 2. The van der Waals surface area contributed by atoms with E-state index in [2.05, 4.69) is 4.72 Å². The summed E-state index contributed by atoms with van der Waals surface area (Å²) >= 11 is 0. The number of benzene rings is 2. The Labute approximate surface area is 129 Å². The predicted octanol–water partition coefficient (Wildman–Crippen LogP) is 3.11. The number of carbonyl (C=O) groups is 1. The highest BCUT2D eigenvalue weighted by Crippen LogP contribution is 2.23. The van der Waals surface area contributed by atoms with Gasteiger partial charge in [0.2, 0.25) is 0 Å². The number of aromatic carboxylic acids is 1. The lowest BCUT2D eigenvalue weighted by molar-refractivity contribution is 0.0696. The molecule has 2 rings (SSSR count). The third-order valence-corrected chi connectivity index (χ3v) is 4.84. The van der Waals surface area contributed by atoms with Gasteiger partial charge in [-0.15, -0.1) is 0 Å². The van der Waals surface area contributed by atoms with E-state index < -0.39 is 16.0 Å². The molecule has 0 aliphatic heterocycles. The Morgan fingerprint density at radius 3 is 2.32 bits per heavy atom. The fourth-order valence-electron chi connectivity index (χ4n) is 2.27. The van der Waals surface area contributed by atoms with Crippen molar-refractivity contribution in [2.45, 2.75) is 25.7 Å². The molecule has 2 N–H and O–H groups in total. The highest BCUT2D eigenvalue weighted by atomic mass is 32.2. The van der Waals surface area contributed by atoms with Crippen LogP contribution in [0.3, 0.4) is 0 Å². The zero-order chi connectivity index (χ0) is 16.5. The second-order valence-corrected chi connectivity index (χ2v) is 6.86. The van der Waals surface area contributed by atoms with E-state index in [0.29, 0.717) is 16.8 Å². The van der Waals surface area contributed by atoms with Crippen LogP contribution in [-0.4, -0.2) is 19.5 Å². The average Bonchev–Trinajstić information content (AvgIpc) is 2.37. The van der Waals surface area contributed by atoms with Crippen LogP contribution in [0.25, 0.3) is 0 Å². The highest BCUT2D eigenvalue weighted by molar-refractivity contribution is 7.92. The third kappa shape index (κ3) is 3.28. The van der Waals surface area contributed by atoms with Gasteiger partial charge in [-0.1, -0.05) is 18.2 Å². The molecule has 0 amide bonds. The second kappa shape index (κ2) is 5.81. The van der Waals surface area contributed by atoms with E-state index >= 15 is 0 Å². The molecule has 0 unspecified atom stereocenters. The minimum atomic E-state index is -3.85. The number of anilines is 1. The zero-order valence-corrected chi connectivity index (χ0v) is 13.4.